The summed E-state index contributed by atoms with van der Waals surface area (Å²) in [7, 11) is 1.50. The van der Waals surface area contributed by atoms with Gasteiger partial charge in [0.1, 0.15) is 23.6 Å². The summed E-state index contributed by atoms with van der Waals surface area (Å²) in [5.74, 6) is 0.609. The molecule has 1 heterocycles. The van der Waals surface area contributed by atoms with Crippen LogP contribution in [0.15, 0.2) is 24.5 Å². The van der Waals surface area contributed by atoms with E-state index in [0.717, 1.165) is 0 Å². The third kappa shape index (κ3) is 2.87. The number of nitrogens with zero attached hydrogens (tertiary/aromatic N) is 2. The largest absolute Gasteiger partial charge is 0.497 e. The van der Waals surface area contributed by atoms with Crippen LogP contribution in [0.4, 0.5) is 21.6 Å². The van der Waals surface area contributed by atoms with E-state index in [1.54, 1.807) is 0 Å². The van der Waals surface area contributed by atoms with Crippen molar-refractivity contribution in [1.29, 1.82) is 0 Å². The number of nitrogens with two attached hydrogens (primary N) is 1. The Kier molecular flexibility index (Phi) is 4.19. The lowest BCUT2D eigenvalue weighted by atomic mass is 10.3. The number of rotatable bonds is 5. The maximum Gasteiger partial charge on any atom is 0.242 e. The predicted molar refractivity (Wildman–Crippen MR) is 73.8 cm³/mol. The second-order valence-corrected chi connectivity index (χ2v) is 3.84. The zero-order valence-electron chi connectivity index (χ0n) is 11.2. The van der Waals surface area contributed by atoms with E-state index in [9.17, 15) is 4.39 Å². The van der Waals surface area contributed by atoms with Gasteiger partial charge in [0.15, 0.2) is 5.82 Å². The molecule has 0 radical (unpaired) electrons. The molecule has 0 spiro atoms. The number of benzene rings is 1. The lowest BCUT2D eigenvalue weighted by Gasteiger charge is -2.12. The van der Waals surface area contributed by atoms with Gasteiger partial charge in [0.05, 0.1) is 19.4 Å². The van der Waals surface area contributed by atoms with Gasteiger partial charge >= 0.3 is 0 Å². The molecule has 0 saturated carbocycles. The first kappa shape index (κ1) is 13.9. The van der Waals surface area contributed by atoms with Crippen LogP contribution in [-0.4, -0.2) is 23.7 Å². The van der Waals surface area contributed by atoms with Crippen LogP contribution in [0.5, 0.6) is 11.6 Å². The third-order valence-electron chi connectivity index (χ3n) is 2.56. The molecule has 1 aromatic carbocycles. The highest BCUT2D eigenvalue weighted by molar-refractivity contribution is 5.72. The van der Waals surface area contributed by atoms with E-state index in [2.05, 4.69) is 15.3 Å². The van der Waals surface area contributed by atoms with Gasteiger partial charge in [-0.1, -0.05) is 0 Å². The number of halogens is 1. The number of nitrogen functional groups attached to an aromatic ring is 1. The highest BCUT2D eigenvalue weighted by Crippen LogP contribution is 2.30. The first-order chi connectivity index (χ1) is 9.65. The van der Waals surface area contributed by atoms with Crippen LogP contribution in [0.1, 0.15) is 6.92 Å². The SMILES string of the molecule is CCOc1ncnc(Nc2cc(OC)ccc2F)c1N. The smallest absolute Gasteiger partial charge is 0.242 e. The predicted octanol–water partition coefficient (Wildman–Crippen LogP) is 2.35. The normalized spacial score (nSPS) is 10.2. The maximum atomic E-state index is 13.7. The first-order valence-corrected chi connectivity index (χ1v) is 5.99. The minimum absolute atomic E-state index is 0.206. The van der Waals surface area contributed by atoms with Crippen molar-refractivity contribution >= 4 is 17.2 Å². The van der Waals surface area contributed by atoms with Gasteiger partial charge in [-0.25, -0.2) is 9.37 Å². The second-order valence-electron chi connectivity index (χ2n) is 3.84. The third-order valence-corrected chi connectivity index (χ3v) is 2.56. The van der Waals surface area contributed by atoms with Crippen LogP contribution in [0.25, 0.3) is 0 Å². The van der Waals surface area contributed by atoms with Crippen molar-refractivity contribution in [2.45, 2.75) is 6.92 Å². The van der Waals surface area contributed by atoms with Gasteiger partial charge in [0.2, 0.25) is 5.88 Å². The molecule has 2 rings (SSSR count). The highest BCUT2D eigenvalue weighted by atomic mass is 19.1. The molecule has 7 heteroatoms. The number of aromatic nitrogens is 2. The summed E-state index contributed by atoms with van der Waals surface area (Å²) in [6.07, 6.45) is 1.29. The first-order valence-electron chi connectivity index (χ1n) is 5.99. The molecular formula is C13H15FN4O2. The van der Waals surface area contributed by atoms with Gasteiger partial charge in [0.25, 0.3) is 0 Å². The van der Waals surface area contributed by atoms with Crippen LogP contribution in [0.2, 0.25) is 0 Å². The summed E-state index contributed by atoms with van der Waals surface area (Å²) in [4.78, 5) is 7.89. The van der Waals surface area contributed by atoms with Crippen molar-refractivity contribution in [3.63, 3.8) is 0 Å². The Labute approximate surface area is 115 Å². The Morgan fingerprint density at radius 3 is 2.85 bits per heavy atom. The Hall–Kier alpha value is -2.57. The average molecular weight is 278 g/mol. The Morgan fingerprint density at radius 1 is 1.35 bits per heavy atom. The molecule has 0 saturated heterocycles. The summed E-state index contributed by atoms with van der Waals surface area (Å²) >= 11 is 0. The number of hydrogen-bond acceptors (Lipinski definition) is 6. The molecule has 0 unspecified atom stereocenters. The van der Waals surface area contributed by atoms with Gasteiger partial charge in [-0.2, -0.15) is 4.98 Å². The highest BCUT2D eigenvalue weighted by Gasteiger charge is 2.11. The van der Waals surface area contributed by atoms with E-state index in [0.29, 0.717) is 12.4 Å². The standard InChI is InChI=1S/C13H15FN4O2/c1-3-20-13-11(15)12(16-7-17-13)18-10-6-8(19-2)4-5-9(10)14/h4-7H,3,15H2,1-2H3,(H,16,17,18). The van der Waals surface area contributed by atoms with Gasteiger partial charge in [0, 0.05) is 6.07 Å². The van der Waals surface area contributed by atoms with Crippen molar-refractivity contribution in [1.82, 2.24) is 9.97 Å². The molecule has 0 atom stereocenters. The number of ether oxygens (including phenoxy) is 2. The van der Waals surface area contributed by atoms with E-state index in [4.69, 9.17) is 15.2 Å². The van der Waals surface area contributed by atoms with E-state index in [1.165, 1.54) is 31.6 Å². The van der Waals surface area contributed by atoms with E-state index in [-0.39, 0.29) is 23.1 Å². The van der Waals surface area contributed by atoms with Crippen molar-refractivity contribution in [2.75, 3.05) is 24.8 Å². The molecule has 0 amide bonds. The van der Waals surface area contributed by atoms with E-state index < -0.39 is 5.82 Å². The Bertz CT molecular complexity index is 607. The van der Waals surface area contributed by atoms with E-state index >= 15 is 0 Å². The summed E-state index contributed by atoms with van der Waals surface area (Å²) in [6.45, 7) is 2.24. The molecule has 0 aliphatic rings. The van der Waals surface area contributed by atoms with Crippen molar-refractivity contribution < 1.29 is 13.9 Å². The molecule has 20 heavy (non-hydrogen) atoms. The Morgan fingerprint density at radius 2 is 2.15 bits per heavy atom. The van der Waals surface area contributed by atoms with Crippen LogP contribution in [0.3, 0.4) is 0 Å². The topological polar surface area (TPSA) is 82.3 Å². The Balaban J connectivity index is 2.32. The second kappa shape index (κ2) is 6.05. The van der Waals surface area contributed by atoms with Gasteiger partial charge < -0.3 is 20.5 Å². The summed E-state index contributed by atoms with van der Waals surface area (Å²) < 4.78 is 24.0. The quantitative estimate of drug-likeness (QED) is 0.873. The summed E-state index contributed by atoms with van der Waals surface area (Å²) in [5, 5.41) is 2.80. The average Bonchev–Trinajstić information content (AvgIpc) is 2.45. The molecule has 0 aliphatic carbocycles. The molecule has 0 aliphatic heterocycles. The zero-order valence-corrected chi connectivity index (χ0v) is 11.2. The van der Waals surface area contributed by atoms with Crippen LogP contribution >= 0.6 is 0 Å². The van der Waals surface area contributed by atoms with Crippen molar-refractivity contribution in [2.24, 2.45) is 0 Å². The summed E-state index contributed by atoms with van der Waals surface area (Å²) in [6, 6.07) is 4.33. The van der Waals surface area contributed by atoms with Gasteiger partial charge in [-0.05, 0) is 19.1 Å². The molecule has 6 nitrogen and oxygen atoms in total. The molecule has 2 aromatic rings. The number of nitrogens with one attached hydrogen (secondary N) is 1. The molecule has 1 aromatic heterocycles. The van der Waals surface area contributed by atoms with Crippen molar-refractivity contribution in [3.8, 4) is 11.6 Å². The molecular weight excluding hydrogens is 263 g/mol. The summed E-state index contributed by atoms with van der Waals surface area (Å²) in [5.41, 5.74) is 6.30. The van der Waals surface area contributed by atoms with E-state index in [1.807, 2.05) is 6.92 Å². The lowest BCUT2D eigenvalue weighted by Crippen LogP contribution is -2.05. The molecule has 0 fully saturated rings. The maximum absolute atomic E-state index is 13.7. The molecule has 3 N–H and O–H groups in total. The van der Waals surface area contributed by atoms with Gasteiger partial charge in [-0.3, -0.25) is 0 Å². The fourth-order valence-electron chi connectivity index (χ4n) is 1.59. The fraction of sp³-hybridized carbons (Fsp3) is 0.231. The number of hydrogen-bond donors (Lipinski definition) is 2. The minimum atomic E-state index is -0.443. The number of anilines is 3. The van der Waals surface area contributed by atoms with Crippen LogP contribution in [-0.2, 0) is 0 Å². The zero-order chi connectivity index (χ0) is 14.5. The van der Waals surface area contributed by atoms with Crippen LogP contribution < -0.4 is 20.5 Å². The minimum Gasteiger partial charge on any atom is -0.497 e. The van der Waals surface area contributed by atoms with Crippen molar-refractivity contribution in [3.05, 3.63) is 30.3 Å². The molecule has 0 bridgehead atoms. The van der Waals surface area contributed by atoms with Crippen LogP contribution in [0, 0.1) is 5.82 Å². The van der Waals surface area contributed by atoms with Gasteiger partial charge in [-0.15, -0.1) is 0 Å². The number of methoxy groups -OCH3 is 1. The fourth-order valence-corrected chi connectivity index (χ4v) is 1.59. The monoisotopic (exact) mass is 278 g/mol. The lowest BCUT2D eigenvalue weighted by molar-refractivity contribution is 0.328. The molecule has 106 valence electrons.